The van der Waals surface area contributed by atoms with Crippen LogP contribution in [0.3, 0.4) is 0 Å². The maximum Gasteiger partial charge on any atom is 0.249 e. The van der Waals surface area contributed by atoms with Crippen molar-refractivity contribution in [1.82, 2.24) is 14.7 Å². The van der Waals surface area contributed by atoms with E-state index in [0.29, 0.717) is 38.8 Å². The fourth-order valence-corrected chi connectivity index (χ4v) is 6.66. The number of aliphatic hydroxyl groups is 1. The largest absolute Gasteiger partial charge is 0.393 e. The number of rotatable bonds is 11. The zero-order valence-electron chi connectivity index (χ0n) is 28.0. The number of carbonyl (C=O) groups excluding carboxylic acids is 3. The highest BCUT2D eigenvalue weighted by atomic mass is 16.3. The van der Waals surface area contributed by atoms with E-state index in [0.717, 1.165) is 22.3 Å². The first-order valence-corrected chi connectivity index (χ1v) is 16.6. The number of nitrogens with two attached hydrogens (primary N) is 1. The van der Waals surface area contributed by atoms with Crippen molar-refractivity contribution in [2.45, 2.75) is 75.1 Å². The second-order valence-electron chi connectivity index (χ2n) is 13.8. The molecule has 2 aliphatic rings. The maximum atomic E-state index is 14.7. The molecule has 1 aliphatic heterocycles. The maximum absolute atomic E-state index is 14.7. The van der Waals surface area contributed by atoms with E-state index in [-0.39, 0.29) is 30.1 Å². The number of likely N-dealkylation sites (N-methyl/N-ethyl adjacent to an activating group) is 2. The van der Waals surface area contributed by atoms with Crippen molar-refractivity contribution in [3.63, 3.8) is 0 Å². The van der Waals surface area contributed by atoms with E-state index in [9.17, 15) is 19.5 Å². The molecule has 248 valence electrons. The number of piperidine rings is 1. The molecule has 0 aromatic heterocycles. The molecule has 3 amide bonds. The minimum absolute atomic E-state index is 0.0980. The van der Waals surface area contributed by atoms with Gasteiger partial charge in [-0.15, -0.1) is 0 Å². The van der Waals surface area contributed by atoms with E-state index in [1.165, 1.54) is 11.0 Å². The van der Waals surface area contributed by atoms with Crippen LogP contribution in [0.5, 0.6) is 0 Å². The van der Waals surface area contributed by atoms with Crippen LogP contribution >= 0.6 is 0 Å². The van der Waals surface area contributed by atoms with Crippen molar-refractivity contribution >= 4 is 17.7 Å². The van der Waals surface area contributed by atoms with Crippen LogP contribution in [-0.4, -0.2) is 87.9 Å². The predicted octanol–water partition coefficient (Wildman–Crippen LogP) is 4.77. The van der Waals surface area contributed by atoms with Crippen molar-refractivity contribution in [1.29, 1.82) is 0 Å². The molecule has 1 heterocycles. The Morgan fingerprint density at radius 3 is 2.11 bits per heavy atom. The van der Waals surface area contributed by atoms with Gasteiger partial charge in [0, 0.05) is 45.1 Å². The summed E-state index contributed by atoms with van der Waals surface area (Å²) >= 11 is 0. The highest BCUT2D eigenvalue weighted by molar-refractivity contribution is 5.99. The summed E-state index contributed by atoms with van der Waals surface area (Å²) in [4.78, 5) is 47.5. The SMILES string of the molecule is CN(C(=O)/C=C/CC(C)(C)N)[C@H](Cc1ccc(-c2ccccc2)cc1)C(=O)N(C)[C@@]1(C(=O)N2CCC(O)CC2)C[C@H]1c1ccccc1. The van der Waals surface area contributed by atoms with E-state index in [4.69, 9.17) is 5.73 Å². The lowest BCUT2D eigenvalue weighted by Gasteiger charge is -2.39. The Bertz CT molecular complexity index is 1560. The number of hydrogen-bond donors (Lipinski definition) is 2. The summed E-state index contributed by atoms with van der Waals surface area (Å²) < 4.78 is 0. The van der Waals surface area contributed by atoms with Crippen molar-refractivity contribution < 1.29 is 19.5 Å². The number of hydrogen-bond acceptors (Lipinski definition) is 5. The number of likely N-dealkylation sites (tertiary alicyclic amines) is 1. The summed E-state index contributed by atoms with van der Waals surface area (Å²) in [5, 5.41) is 10.1. The average Bonchev–Trinajstić information content (AvgIpc) is 3.84. The van der Waals surface area contributed by atoms with Crippen LogP contribution in [0.1, 0.15) is 56.6 Å². The van der Waals surface area contributed by atoms with E-state index in [1.807, 2.05) is 86.6 Å². The number of aliphatic hydroxyl groups excluding tert-OH is 1. The molecule has 47 heavy (non-hydrogen) atoms. The number of benzene rings is 3. The topological polar surface area (TPSA) is 107 Å². The van der Waals surface area contributed by atoms with Gasteiger partial charge in [0.2, 0.25) is 17.7 Å². The van der Waals surface area contributed by atoms with Crippen LogP contribution in [0.25, 0.3) is 11.1 Å². The molecule has 0 unspecified atom stereocenters. The van der Waals surface area contributed by atoms with Gasteiger partial charge in [-0.3, -0.25) is 14.4 Å². The minimum atomic E-state index is -1.07. The fourth-order valence-electron chi connectivity index (χ4n) is 6.66. The molecule has 1 aliphatic carbocycles. The van der Waals surface area contributed by atoms with E-state index in [1.54, 1.807) is 30.0 Å². The van der Waals surface area contributed by atoms with Gasteiger partial charge in [-0.05, 0) is 67.9 Å². The quantitative estimate of drug-likeness (QED) is 0.295. The molecular formula is C39H48N4O4. The van der Waals surface area contributed by atoms with Crippen LogP contribution < -0.4 is 5.73 Å². The van der Waals surface area contributed by atoms with Crippen LogP contribution in [0.15, 0.2) is 97.1 Å². The molecule has 3 aromatic rings. The van der Waals surface area contributed by atoms with Crippen molar-refractivity contribution in [2.75, 3.05) is 27.2 Å². The van der Waals surface area contributed by atoms with E-state index >= 15 is 0 Å². The Kier molecular flexibility index (Phi) is 10.3. The van der Waals surface area contributed by atoms with Gasteiger partial charge in [-0.25, -0.2) is 0 Å². The van der Waals surface area contributed by atoms with Crippen LogP contribution in [0.2, 0.25) is 0 Å². The Morgan fingerprint density at radius 1 is 0.936 bits per heavy atom. The third-order valence-electron chi connectivity index (χ3n) is 9.68. The minimum Gasteiger partial charge on any atom is -0.393 e. The number of amides is 3. The smallest absolute Gasteiger partial charge is 0.249 e. The van der Waals surface area contributed by atoms with Gasteiger partial charge in [-0.1, -0.05) is 91.0 Å². The monoisotopic (exact) mass is 636 g/mol. The standard InChI is InChI=1S/C39H48N4O4/c1-38(2,40)23-11-16-35(45)41(3)34(26-28-17-19-30(20-18-28)29-12-7-5-8-13-29)36(46)42(4)39(27-33(39)31-14-9-6-10-15-31)37(47)43-24-21-32(44)22-25-43/h5-20,32-34,44H,21-27,40H2,1-4H3/b16-11+/t33-,34+,39-/m0/s1. The fraction of sp³-hybridized carbons (Fsp3) is 0.410. The summed E-state index contributed by atoms with van der Waals surface area (Å²) in [5.41, 5.74) is 8.65. The molecule has 0 spiro atoms. The molecular weight excluding hydrogens is 588 g/mol. The van der Waals surface area contributed by atoms with Crippen molar-refractivity contribution in [2.24, 2.45) is 5.73 Å². The summed E-state index contributed by atoms with van der Waals surface area (Å²) in [6, 6.07) is 27.1. The Hall–Kier alpha value is -4.27. The van der Waals surface area contributed by atoms with Gasteiger partial charge in [0.25, 0.3) is 0 Å². The second-order valence-corrected chi connectivity index (χ2v) is 13.8. The first-order chi connectivity index (χ1) is 22.4. The molecule has 8 heteroatoms. The molecule has 3 atom stereocenters. The lowest BCUT2D eigenvalue weighted by Crippen LogP contribution is -2.58. The molecule has 0 radical (unpaired) electrons. The van der Waals surface area contributed by atoms with Gasteiger partial charge in [0.05, 0.1) is 6.10 Å². The summed E-state index contributed by atoms with van der Waals surface area (Å²) in [5.74, 6) is -0.860. The number of carbonyl (C=O) groups is 3. The molecule has 8 nitrogen and oxygen atoms in total. The Morgan fingerprint density at radius 2 is 1.51 bits per heavy atom. The molecule has 1 saturated carbocycles. The molecule has 1 saturated heterocycles. The molecule has 0 bridgehead atoms. The van der Waals surface area contributed by atoms with Crippen LogP contribution in [0.4, 0.5) is 0 Å². The van der Waals surface area contributed by atoms with Gasteiger partial charge < -0.3 is 25.5 Å². The van der Waals surface area contributed by atoms with Crippen molar-refractivity contribution in [3.8, 4) is 11.1 Å². The van der Waals surface area contributed by atoms with Crippen LogP contribution in [-0.2, 0) is 20.8 Å². The highest BCUT2D eigenvalue weighted by Gasteiger charge is 2.66. The lowest BCUT2D eigenvalue weighted by atomic mass is 9.97. The predicted molar refractivity (Wildman–Crippen MR) is 185 cm³/mol. The van der Waals surface area contributed by atoms with Gasteiger partial charge in [0.15, 0.2) is 0 Å². The van der Waals surface area contributed by atoms with Crippen molar-refractivity contribution in [3.05, 3.63) is 108 Å². The van der Waals surface area contributed by atoms with Gasteiger partial charge >= 0.3 is 0 Å². The van der Waals surface area contributed by atoms with Crippen LogP contribution in [0, 0.1) is 0 Å². The molecule has 5 rings (SSSR count). The zero-order chi connectivity index (χ0) is 33.8. The third-order valence-corrected chi connectivity index (χ3v) is 9.68. The van der Waals surface area contributed by atoms with E-state index in [2.05, 4.69) is 12.1 Å². The summed E-state index contributed by atoms with van der Waals surface area (Å²) in [6.07, 6.45) is 5.13. The van der Waals surface area contributed by atoms with Gasteiger partial charge in [-0.2, -0.15) is 0 Å². The summed E-state index contributed by atoms with van der Waals surface area (Å²) in [6.45, 7) is 4.68. The second kappa shape index (κ2) is 14.2. The van der Waals surface area contributed by atoms with Gasteiger partial charge in [0.1, 0.15) is 11.6 Å². The first-order valence-electron chi connectivity index (χ1n) is 16.6. The average molecular weight is 637 g/mol. The summed E-state index contributed by atoms with van der Waals surface area (Å²) in [7, 11) is 3.36. The van der Waals surface area contributed by atoms with E-state index < -0.39 is 23.2 Å². The molecule has 3 aromatic carbocycles. The number of nitrogens with zero attached hydrogens (tertiary/aromatic N) is 3. The third kappa shape index (κ3) is 7.83. The highest BCUT2D eigenvalue weighted by Crippen LogP contribution is 2.56. The zero-order valence-corrected chi connectivity index (χ0v) is 28.0. The lowest BCUT2D eigenvalue weighted by molar-refractivity contribution is -0.152. The molecule has 3 N–H and O–H groups in total. The first kappa shape index (κ1) is 34.1. The molecule has 2 fully saturated rings. The normalized spacial score (nSPS) is 20.6. The Labute approximate surface area is 278 Å². The Balaban J connectivity index is 1.46.